The average Bonchev–Trinajstić information content (AvgIpc) is 2.59. The van der Waals surface area contributed by atoms with Crippen LogP contribution in [0.25, 0.3) is 0 Å². The molecule has 1 aliphatic heterocycles. The molecule has 1 aromatic rings. The molecule has 0 bridgehead atoms. The van der Waals surface area contributed by atoms with Crippen LogP contribution in [0.1, 0.15) is 43.6 Å². The summed E-state index contributed by atoms with van der Waals surface area (Å²) in [5.74, 6) is 0.184. The van der Waals surface area contributed by atoms with Crippen molar-refractivity contribution in [3.05, 3.63) is 18.1 Å². The number of nitrogens with one attached hydrogen (secondary N) is 1. The Bertz CT molecular complexity index is 562. The minimum atomic E-state index is -0.497. The van der Waals surface area contributed by atoms with Gasteiger partial charge in [0.15, 0.2) is 0 Å². The number of aromatic nitrogens is 2. The number of carbonyl (C=O) groups is 2. The van der Waals surface area contributed by atoms with Gasteiger partial charge in [-0.05, 0) is 33.1 Å². The summed E-state index contributed by atoms with van der Waals surface area (Å²) in [5, 5.41) is 2.40. The fourth-order valence-electron chi connectivity index (χ4n) is 2.56. The Morgan fingerprint density at radius 3 is 2.75 bits per heavy atom. The van der Waals surface area contributed by atoms with Gasteiger partial charge in [-0.15, -0.1) is 0 Å². The van der Waals surface area contributed by atoms with Crippen LogP contribution < -0.4 is 10.1 Å². The van der Waals surface area contributed by atoms with Gasteiger partial charge in [-0.2, -0.15) is 0 Å². The van der Waals surface area contributed by atoms with Gasteiger partial charge in [0.2, 0.25) is 5.88 Å². The number of piperidine rings is 1. The van der Waals surface area contributed by atoms with E-state index in [1.807, 2.05) is 13.8 Å². The molecule has 0 spiro atoms. The molecule has 1 saturated heterocycles. The molecule has 2 rings (SSSR count). The Morgan fingerprint density at radius 2 is 2.12 bits per heavy atom. The van der Waals surface area contributed by atoms with Crippen molar-refractivity contribution in [2.45, 2.75) is 45.3 Å². The van der Waals surface area contributed by atoms with E-state index in [2.05, 4.69) is 15.3 Å². The van der Waals surface area contributed by atoms with Crippen molar-refractivity contribution in [2.24, 2.45) is 0 Å². The zero-order valence-electron chi connectivity index (χ0n) is 14.3. The predicted octanol–water partition coefficient (Wildman–Crippen LogP) is 1.61. The molecule has 1 N–H and O–H groups in total. The summed E-state index contributed by atoms with van der Waals surface area (Å²) in [4.78, 5) is 33.9. The zero-order valence-corrected chi connectivity index (χ0v) is 14.3. The summed E-state index contributed by atoms with van der Waals surface area (Å²) < 4.78 is 10.5. The number of nitrogens with zero attached hydrogens (tertiary/aromatic N) is 3. The molecule has 1 fully saturated rings. The molecular weight excluding hydrogens is 312 g/mol. The second kappa shape index (κ2) is 8.47. The third-order valence-electron chi connectivity index (χ3n) is 3.70. The molecule has 1 atom stereocenters. The van der Waals surface area contributed by atoms with Gasteiger partial charge in [0, 0.05) is 13.6 Å². The fraction of sp³-hybridized carbons (Fsp3) is 0.625. The third-order valence-corrected chi connectivity index (χ3v) is 3.70. The van der Waals surface area contributed by atoms with Crippen molar-refractivity contribution in [2.75, 3.05) is 20.2 Å². The average molecular weight is 336 g/mol. The molecule has 0 aromatic carbocycles. The van der Waals surface area contributed by atoms with E-state index in [0.29, 0.717) is 12.4 Å². The van der Waals surface area contributed by atoms with E-state index in [1.165, 1.54) is 19.4 Å². The second-order valence-electron chi connectivity index (χ2n) is 5.90. The highest BCUT2D eigenvalue weighted by atomic mass is 16.5. The predicted molar refractivity (Wildman–Crippen MR) is 86.9 cm³/mol. The van der Waals surface area contributed by atoms with Crippen LogP contribution >= 0.6 is 0 Å². The largest absolute Gasteiger partial charge is 0.474 e. The third kappa shape index (κ3) is 4.81. The minimum absolute atomic E-state index is 0.00538. The van der Waals surface area contributed by atoms with Crippen LogP contribution in [-0.2, 0) is 4.74 Å². The number of hydrogen-bond acceptors (Lipinski definition) is 6. The molecule has 1 unspecified atom stereocenters. The smallest absolute Gasteiger partial charge is 0.406 e. The molecule has 8 heteroatoms. The van der Waals surface area contributed by atoms with E-state index < -0.39 is 6.09 Å². The summed E-state index contributed by atoms with van der Waals surface area (Å²) in [6, 6.07) is -0.142. The first-order valence-corrected chi connectivity index (χ1v) is 8.15. The highest BCUT2D eigenvalue weighted by molar-refractivity contribution is 5.92. The Balaban J connectivity index is 2.03. The molecule has 2 heterocycles. The van der Waals surface area contributed by atoms with Crippen LogP contribution in [-0.4, -0.2) is 59.2 Å². The number of ether oxygens (including phenoxy) is 2. The highest BCUT2D eigenvalue weighted by Gasteiger charge is 2.29. The van der Waals surface area contributed by atoms with E-state index >= 15 is 0 Å². The van der Waals surface area contributed by atoms with Crippen molar-refractivity contribution in [3.8, 4) is 5.88 Å². The van der Waals surface area contributed by atoms with Crippen molar-refractivity contribution in [1.29, 1.82) is 0 Å². The first kappa shape index (κ1) is 18.0. The van der Waals surface area contributed by atoms with Crippen molar-refractivity contribution >= 4 is 12.0 Å². The number of likely N-dealkylation sites (tertiary alicyclic amines) is 1. The Kier molecular flexibility index (Phi) is 6.34. The van der Waals surface area contributed by atoms with Crippen LogP contribution in [0.3, 0.4) is 0 Å². The van der Waals surface area contributed by atoms with Crippen LogP contribution in [0.15, 0.2) is 12.4 Å². The molecule has 1 aliphatic rings. The normalized spacial score (nSPS) is 17.5. The summed E-state index contributed by atoms with van der Waals surface area (Å²) in [6.45, 7) is 4.58. The Morgan fingerprint density at radius 1 is 1.33 bits per heavy atom. The maximum atomic E-state index is 12.7. The SMILES string of the molecule is CNC(=O)OCC1CCCCN1C(=O)c1cnc(OC(C)C)cn1. The minimum Gasteiger partial charge on any atom is -0.474 e. The molecule has 24 heavy (non-hydrogen) atoms. The lowest BCUT2D eigenvalue weighted by molar-refractivity contribution is 0.0446. The van der Waals surface area contributed by atoms with Gasteiger partial charge >= 0.3 is 6.09 Å². The van der Waals surface area contributed by atoms with E-state index in [1.54, 1.807) is 4.90 Å². The van der Waals surface area contributed by atoms with E-state index in [4.69, 9.17) is 9.47 Å². The van der Waals surface area contributed by atoms with Crippen LogP contribution in [0, 0.1) is 0 Å². The topological polar surface area (TPSA) is 93.7 Å². The number of rotatable bonds is 5. The van der Waals surface area contributed by atoms with Gasteiger partial charge in [0.25, 0.3) is 5.91 Å². The molecule has 0 radical (unpaired) electrons. The zero-order chi connectivity index (χ0) is 17.5. The van der Waals surface area contributed by atoms with Crippen LogP contribution in [0.2, 0.25) is 0 Å². The summed E-state index contributed by atoms with van der Waals surface area (Å²) in [5.41, 5.74) is 0.262. The van der Waals surface area contributed by atoms with E-state index in [9.17, 15) is 9.59 Å². The first-order chi connectivity index (χ1) is 11.5. The Labute approximate surface area is 141 Å². The molecule has 8 nitrogen and oxygen atoms in total. The summed E-state index contributed by atoms with van der Waals surface area (Å²) in [6.07, 6.45) is 5.09. The van der Waals surface area contributed by atoms with Crippen molar-refractivity contribution in [3.63, 3.8) is 0 Å². The maximum Gasteiger partial charge on any atom is 0.406 e. The molecule has 0 aliphatic carbocycles. The highest BCUT2D eigenvalue weighted by Crippen LogP contribution is 2.20. The van der Waals surface area contributed by atoms with E-state index in [-0.39, 0.29) is 30.4 Å². The number of amides is 2. The molecule has 1 aromatic heterocycles. The monoisotopic (exact) mass is 336 g/mol. The van der Waals surface area contributed by atoms with Crippen molar-refractivity contribution in [1.82, 2.24) is 20.2 Å². The lowest BCUT2D eigenvalue weighted by atomic mass is 10.0. The molecule has 132 valence electrons. The van der Waals surface area contributed by atoms with Gasteiger partial charge in [-0.25, -0.2) is 14.8 Å². The quantitative estimate of drug-likeness (QED) is 0.878. The summed E-state index contributed by atoms with van der Waals surface area (Å²) >= 11 is 0. The number of alkyl carbamates (subject to hydrolysis) is 1. The molecule has 2 amide bonds. The lowest BCUT2D eigenvalue weighted by Gasteiger charge is -2.35. The Hall–Kier alpha value is -2.38. The standard InChI is InChI=1S/C16H24N4O4/c1-11(2)24-14-9-18-13(8-19-14)15(21)20-7-5-4-6-12(20)10-23-16(22)17-3/h8-9,11-12H,4-7,10H2,1-3H3,(H,17,22). The van der Waals surface area contributed by atoms with E-state index in [0.717, 1.165) is 19.3 Å². The van der Waals surface area contributed by atoms with Crippen molar-refractivity contribution < 1.29 is 19.1 Å². The molecular formula is C16H24N4O4. The summed E-state index contributed by atoms with van der Waals surface area (Å²) in [7, 11) is 1.50. The van der Waals surface area contributed by atoms with Gasteiger partial charge in [0.1, 0.15) is 12.3 Å². The maximum absolute atomic E-state index is 12.7. The first-order valence-electron chi connectivity index (χ1n) is 8.15. The van der Waals surface area contributed by atoms with Gasteiger partial charge in [-0.3, -0.25) is 4.79 Å². The number of carbonyl (C=O) groups excluding carboxylic acids is 2. The number of hydrogen-bond donors (Lipinski definition) is 1. The van der Waals surface area contributed by atoms with Gasteiger partial charge in [-0.1, -0.05) is 0 Å². The van der Waals surface area contributed by atoms with Crippen LogP contribution in [0.4, 0.5) is 4.79 Å². The lowest BCUT2D eigenvalue weighted by Crippen LogP contribution is -2.47. The fourth-order valence-corrected chi connectivity index (χ4v) is 2.56. The van der Waals surface area contributed by atoms with Crippen LogP contribution in [0.5, 0.6) is 5.88 Å². The second-order valence-corrected chi connectivity index (χ2v) is 5.90. The molecule has 0 saturated carbocycles. The van der Waals surface area contributed by atoms with Gasteiger partial charge < -0.3 is 19.7 Å². The van der Waals surface area contributed by atoms with Gasteiger partial charge in [0.05, 0.1) is 24.5 Å².